The maximum Gasteiger partial charge on any atom is 0.248 e. The number of benzene rings is 1. The molecule has 1 fully saturated rings. The fraction of sp³-hybridized carbons (Fsp3) is 0.250. The van der Waals surface area contributed by atoms with E-state index in [1.165, 1.54) is 11.3 Å². The number of likely N-dealkylation sites (tertiary alicyclic amines) is 1. The third-order valence-electron chi connectivity index (χ3n) is 4.58. The zero-order valence-corrected chi connectivity index (χ0v) is 15.4. The Morgan fingerprint density at radius 3 is 2.85 bits per heavy atom. The van der Waals surface area contributed by atoms with Gasteiger partial charge in [0.1, 0.15) is 11.7 Å². The molecule has 1 N–H and O–H groups in total. The van der Waals surface area contributed by atoms with Crippen molar-refractivity contribution in [1.82, 2.24) is 9.88 Å². The molecule has 4 rings (SSSR count). The van der Waals surface area contributed by atoms with Gasteiger partial charge in [0.15, 0.2) is 10.9 Å². The van der Waals surface area contributed by atoms with Crippen molar-refractivity contribution < 1.29 is 14.0 Å². The number of nitrogens with zero attached hydrogens (tertiary/aromatic N) is 2. The van der Waals surface area contributed by atoms with Crippen molar-refractivity contribution in [1.29, 1.82) is 0 Å². The maximum atomic E-state index is 12.7. The van der Waals surface area contributed by atoms with E-state index in [1.54, 1.807) is 17.2 Å². The van der Waals surface area contributed by atoms with Crippen molar-refractivity contribution in [3.63, 3.8) is 0 Å². The number of aromatic nitrogens is 1. The van der Waals surface area contributed by atoms with E-state index < -0.39 is 6.04 Å². The molecule has 0 saturated carbocycles. The van der Waals surface area contributed by atoms with Crippen molar-refractivity contribution >= 4 is 28.3 Å². The number of hydrogen-bond donors (Lipinski definition) is 1. The Kier molecular flexibility index (Phi) is 5.02. The van der Waals surface area contributed by atoms with Crippen LogP contribution in [-0.4, -0.2) is 34.3 Å². The molecule has 3 aromatic rings. The van der Waals surface area contributed by atoms with Crippen LogP contribution in [0.15, 0.2) is 58.5 Å². The van der Waals surface area contributed by atoms with Crippen LogP contribution in [0.5, 0.6) is 0 Å². The number of anilines is 1. The molecule has 1 aliphatic rings. The topological polar surface area (TPSA) is 75.4 Å². The average molecular weight is 381 g/mol. The molecule has 2 amide bonds. The fourth-order valence-corrected chi connectivity index (χ4v) is 3.97. The normalized spacial score (nSPS) is 16.4. The van der Waals surface area contributed by atoms with Gasteiger partial charge in [-0.25, -0.2) is 4.98 Å². The van der Waals surface area contributed by atoms with Gasteiger partial charge in [0.25, 0.3) is 0 Å². The molecule has 0 bridgehead atoms. The Morgan fingerprint density at radius 2 is 2.07 bits per heavy atom. The van der Waals surface area contributed by atoms with E-state index in [2.05, 4.69) is 10.3 Å². The molecule has 1 aliphatic heterocycles. The van der Waals surface area contributed by atoms with Crippen LogP contribution in [0.2, 0.25) is 0 Å². The molecule has 2 aromatic heterocycles. The summed E-state index contributed by atoms with van der Waals surface area (Å²) >= 11 is 1.34. The predicted molar refractivity (Wildman–Crippen MR) is 103 cm³/mol. The second-order valence-electron chi connectivity index (χ2n) is 6.41. The summed E-state index contributed by atoms with van der Waals surface area (Å²) in [5, 5.41) is 5.19. The third-order valence-corrected chi connectivity index (χ3v) is 5.34. The zero-order chi connectivity index (χ0) is 18.6. The summed E-state index contributed by atoms with van der Waals surface area (Å²) in [6, 6.07) is 12.8. The summed E-state index contributed by atoms with van der Waals surface area (Å²) in [6.45, 7) is 0.610. The maximum absolute atomic E-state index is 12.7. The first-order valence-electron chi connectivity index (χ1n) is 8.84. The van der Waals surface area contributed by atoms with Crippen LogP contribution in [-0.2, 0) is 16.0 Å². The Balaban J connectivity index is 1.41. The SMILES string of the molecule is O=C(Nc1nc(-c2ccco2)cs1)C1CCCN1C(=O)Cc1ccccc1. The van der Waals surface area contributed by atoms with E-state index in [9.17, 15) is 9.59 Å². The van der Waals surface area contributed by atoms with E-state index in [0.29, 0.717) is 36.0 Å². The largest absolute Gasteiger partial charge is 0.463 e. The second-order valence-corrected chi connectivity index (χ2v) is 7.27. The standard InChI is InChI=1S/C20H19N3O3S/c24-18(12-14-6-2-1-3-7-14)23-10-4-8-16(23)19(25)22-20-21-15(13-27-20)17-9-5-11-26-17/h1-3,5-7,9,11,13,16H,4,8,10,12H2,(H,21,22,25). The number of amides is 2. The van der Waals surface area contributed by atoms with Gasteiger partial charge in [0.2, 0.25) is 11.8 Å². The molecule has 138 valence electrons. The van der Waals surface area contributed by atoms with Gasteiger partial charge >= 0.3 is 0 Å². The van der Waals surface area contributed by atoms with Crippen LogP contribution in [0.1, 0.15) is 18.4 Å². The van der Waals surface area contributed by atoms with Crippen molar-refractivity contribution in [2.45, 2.75) is 25.3 Å². The first kappa shape index (κ1) is 17.5. The minimum absolute atomic E-state index is 0.0192. The smallest absolute Gasteiger partial charge is 0.248 e. The minimum Gasteiger partial charge on any atom is -0.463 e. The molecule has 0 spiro atoms. The van der Waals surface area contributed by atoms with Gasteiger partial charge in [-0.2, -0.15) is 0 Å². The average Bonchev–Trinajstić information content (AvgIpc) is 3.43. The molecule has 3 heterocycles. The van der Waals surface area contributed by atoms with E-state index >= 15 is 0 Å². The van der Waals surface area contributed by atoms with Gasteiger partial charge < -0.3 is 14.6 Å². The van der Waals surface area contributed by atoms with Crippen LogP contribution >= 0.6 is 11.3 Å². The predicted octanol–water partition coefficient (Wildman–Crippen LogP) is 3.58. The highest BCUT2D eigenvalue weighted by Gasteiger charge is 2.34. The number of carbonyl (C=O) groups excluding carboxylic acids is 2. The molecule has 0 aliphatic carbocycles. The number of furan rings is 1. The number of hydrogen-bond acceptors (Lipinski definition) is 5. The zero-order valence-electron chi connectivity index (χ0n) is 14.6. The molecule has 6 nitrogen and oxygen atoms in total. The third kappa shape index (κ3) is 3.93. The van der Waals surface area contributed by atoms with Crippen LogP contribution in [0.3, 0.4) is 0 Å². The van der Waals surface area contributed by atoms with Crippen molar-refractivity contribution in [2.75, 3.05) is 11.9 Å². The highest BCUT2D eigenvalue weighted by atomic mass is 32.1. The molecule has 1 atom stereocenters. The summed E-state index contributed by atoms with van der Waals surface area (Å²) in [5.41, 5.74) is 1.64. The molecule has 1 saturated heterocycles. The lowest BCUT2D eigenvalue weighted by Crippen LogP contribution is -2.43. The molecule has 1 aromatic carbocycles. The van der Waals surface area contributed by atoms with E-state index in [4.69, 9.17) is 4.42 Å². The Hall–Kier alpha value is -2.93. The summed E-state index contributed by atoms with van der Waals surface area (Å²) in [7, 11) is 0. The van der Waals surface area contributed by atoms with Crippen LogP contribution < -0.4 is 5.32 Å². The number of thiazole rings is 1. The van der Waals surface area contributed by atoms with Gasteiger partial charge in [0, 0.05) is 11.9 Å². The monoisotopic (exact) mass is 381 g/mol. The highest BCUT2D eigenvalue weighted by Crippen LogP contribution is 2.26. The first-order valence-corrected chi connectivity index (χ1v) is 9.72. The number of carbonyl (C=O) groups is 2. The molecule has 1 unspecified atom stereocenters. The lowest BCUT2D eigenvalue weighted by Gasteiger charge is -2.23. The van der Waals surface area contributed by atoms with Gasteiger partial charge in [0.05, 0.1) is 12.7 Å². The van der Waals surface area contributed by atoms with E-state index in [1.807, 2.05) is 41.8 Å². The fourth-order valence-electron chi connectivity index (χ4n) is 3.27. The molecular formula is C20H19N3O3S. The molecule has 27 heavy (non-hydrogen) atoms. The summed E-state index contributed by atoms with van der Waals surface area (Å²) in [4.78, 5) is 31.5. The van der Waals surface area contributed by atoms with Gasteiger partial charge in [-0.3, -0.25) is 9.59 Å². The quantitative estimate of drug-likeness (QED) is 0.733. The Bertz CT molecular complexity index is 921. The molecular weight excluding hydrogens is 362 g/mol. The van der Waals surface area contributed by atoms with E-state index in [-0.39, 0.29) is 11.8 Å². The van der Waals surface area contributed by atoms with Gasteiger partial charge in [-0.1, -0.05) is 30.3 Å². The van der Waals surface area contributed by atoms with Gasteiger partial charge in [-0.05, 0) is 30.5 Å². The van der Waals surface area contributed by atoms with Crippen molar-refractivity contribution in [3.8, 4) is 11.5 Å². The Labute approximate surface area is 160 Å². The summed E-state index contributed by atoms with van der Waals surface area (Å²) < 4.78 is 5.32. The first-order chi connectivity index (χ1) is 13.2. The van der Waals surface area contributed by atoms with Crippen molar-refractivity contribution in [2.24, 2.45) is 0 Å². The Morgan fingerprint density at radius 1 is 1.22 bits per heavy atom. The minimum atomic E-state index is -0.447. The lowest BCUT2D eigenvalue weighted by atomic mass is 10.1. The van der Waals surface area contributed by atoms with Gasteiger partial charge in [-0.15, -0.1) is 11.3 Å². The van der Waals surface area contributed by atoms with Crippen molar-refractivity contribution in [3.05, 3.63) is 59.7 Å². The van der Waals surface area contributed by atoms with Crippen LogP contribution in [0.4, 0.5) is 5.13 Å². The van der Waals surface area contributed by atoms with E-state index in [0.717, 1.165) is 12.0 Å². The number of rotatable bonds is 5. The summed E-state index contributed by atoms with van der Waals surface area (Å²) in [5.74, 6) is 0.454. The summed E-state index contributed by atoms with van der Waals surface area (Å²) in [6.07, 6.45) is 3.39. The molecule has 7 heteroatoms. The highest BCUT2D eigenvalue weighted by molar-refractivity contribution is 7.14. The lowest BCUT2D eigenvalue weighted by molar-refractivity contribution is -0.136. The number of nitrogens with one attached hydrogen (secondary N) is 1. The molecule has 0 radical (unpaired) electrons. The van der Waals surface area contributed by atoms with Crippen LogP contribution in [0, 0.1) is 0 Å². The van der Waals surface area contributed by atoms with Crippen LogP contribution in [0.25, 0.3) is 11.5 Å². The second kappa shape index (κ2) is 7.75.